The summed E-state index contributed by atoms with van der Waals surface area (Å²) in [6.45, 7) is 0. The Morgan fingerprint density at radius 3 is 1.35 bits per heavy atom. The molecule has 9 aromatic carbocycles. The van der Waals surface area contributed by atoms with Crippen LogP contribution in [0, 0.1) is 0 Å². The van der Waals surface area contributed by atoms with Crippen molar-refractivity contribution in [3.05, 3.63) is 239 Å². The number of rotatable bonds is 2. The summed E-state index contributed by atoms with van der Waals surface area (Å²) in [5.41, 5.74) is 15.6. The predicted molar refractivity (Wildman–Crippen MR) is 228 cm³/mol. The molecule has 9 aromatic rings. The van der Waals surface area contributed by atoms with Gasteiger partial charge in [0.05, 0.1) is 10.8 Å². The Kier molecular flexibility index (Phi) is 6.03. The van der Waals surface area contributed by atoms with Gasteiger partial charge in [0.1, 0.15) is 23.0 Å². The molecule has 0 aromatic heterocycles. The first-order chi connectivity index (χ1) is 28.2. The monoisotopic (exact) mass is 727 g/mol. The van der Waals surface area contributed by atoms with Gasteiger partial charge in [0.25, 0.3) is 0 Å². The number of hydrogen-bond acceptors (Lipinski definition) is 3. The molecule has 0 amide bonds. The second-order valence-corrected chi connectivity index (χ2v) is 15.6. The molecule has 1 N–H and O–H groups in total. The van der Waals surface area contributed by atoms with E-state index >= 15 is 0 Å². The van der Waals surface area contributed by atoms with Crippen LogP contribution >= 0.6 is 0 Å². The summed E-state index contributed by atoms with van der Waals surface area (Å²) in [6, 6.07) is 70.3. The normalized spacial score (nSPS) is 16.6. The highest BCUT2D eigenvalue weighted by Crippen LogP contribution is 2.64. The summed E-state index contributed by atoms with van der Waals surface area (Å²) in [7, 11) is 0. The van der Waals surface area contributed by atoms with E-state index in [1.807, 2.05) is 0 Å². The minimum absolute atomic E-state index is 0.535. The molecule has 1 unspecified atom stereocenters. The third-order valence-electron chi connectivity index (χ3n) is 13.0. The van der Waals surface area contributed by atoms with Crippen LogP contribution < -0.4 is 14.8 Å². The Labute approximate surface area is 330 Å². The molecule has 0 fully saturated rings. The van der Waals surface area contributed by atoms with Crippen molar-refractivity contribution in [3.63, 3.8) is 0 Å². The van der Waals surface area contributed by atoms with Gasteiger partial charge in [0.15, 0.2) is 0 Å². The predicted octanol–water partition coefficient (Wildman–Crippen LogP) is 13.5. The van der Waals surface area contributed by atoms with Crippen LogP contribution in [0.1, 0.15) is 44.5 Å². The first-order valence-corrected chi connectivity index (χ1v) is 19.7. The third kappa shape index (κ3) is 3.86. The Hall–Kier alpha value is -7.36. The first-order valence-electron chi connectivity index (χ1n) is 19.7. The number of fused-ring (bicyclic) bond motifs is 20. The van der Waals surface area contributed by atoms with Gasteiger partial charge < -0.3 is 14.8 Å². The summed E-state index contributed by atoms with van der Waals surface area (Å²) < 4.78 is 13.5. The maximum absolute atomic E-state index is 6.78. The van der Waals surface area contributed by atoms with E-state index in [1.165, 1.54) is 55.3 Å². The summed E-state index contributed by atoms with van der Waals surface area (Å²) in [6.07, 6.45) is 0. The lowest BCUT2D eigenvalue weighted by atomic mass is 9.66. The Balaban J connectivity index is 1.01. The van der Waals surface area contributed by atoms with E-state index in [9.17, 15) is 0 Å². The van der Waals surface area contributed by atoms with Gasteiger partial charge in [-0.05, 0) is 104 Å². The lowest BCUT2D eigenvalue weighted by Crippen LogP contribution is -2.32. The van der Waals surface area contributed by atoms with Crippen LogP contribution in [0.3, 0.4) is 0 Å². The molecule has 2 heterocycles. The zero-order valence-electron chi connectivity index (χ0n) is 30.8. The van der Waals surface area contributed by atoms with Crippen LogP contribution in [-0.2, 0) is 10.8 Å². The van der Waals surface area contributed by atoms with Crippen molar-refractivity contribution >= 4 is 22.1 Å². The zero-order valence-corrected chi connectivity index (χ0v) is 30.8. The molecule has 13 rings (SSSR count). The Morgan fingerprint density at radius 2 is 0.754 bits per heavy atom. The fourth-order valence-corrected chi connectivity index (χ4v) is 10.8. The standard InChI is InChI=1S/C54H33NO2/c1-2-14-36-33(13-1)25-28-45-52(36)39-17-5-8-20-42(39)54(45)44-22-10-12-24-49(44)57-51-30-27-35(32-47(51)54)55-34-26-29-50-46(31-34)53(43-21-9-11-23-48(43)56-50)40-18-6-3-15-37(40)38-16-4-7-19-41(38)53/h1-32,55H. The summed E-state index contributed by atoms with van der Waals surface area (Å²) in [5.74, 6) is 3.51. The molecule has 1 atom stereocenters. The van der Waals surface area contributed by atoms with E-state index in [1.54, 1.807) is 0 Å². The molecule has 2 aliphatic carbocycles. The quantitative estimate of drug-likeness (QED) is 0.192. The number of ether oxygens (including phenoxy) is 2. The zero-order chi connectivity index (χ0) is 37.3. The smallest absolute Gasteiger partial charge is 0.132 e. The molecule has 2 aliphatic heterocycles. The average molecular weight is 728 g/mol. The topological polar surface area (TPSA) is 30.5 Å². The highest BCUT2D eigenvalue weighted by atomic mass is 16.5. The van der Waals surface area contributed by atoms with Crippen LogP contribution in [0.4, 0.5) is 11.4 Å². The SMILES string of the molecule is c1ccc2c(c1)Oc1ccc(Nc3ccc4c(c3)C3(c5ccccc5O4)c4ccccc4-c4c3ccc3ccccc43)cc1C21c2ccccc2-c2ccccc21. The van der Waals surface area contributed by atoms with Crippen LogP contribution in [0.2, 0.25) is 0 Å². The third-order valence-corrected chi connectivity index (χ3v) is 13.0. The number of hydrogen-bond donors (Lipinski definition) is 1. The minimum atomic E-state index is -0.577. The van der Waals surface area contributed by atoms with E-state index < -0.39 is 10.8 Å². The van der Waals surface area contributed by atoms with Gasteiger partial charge in [-0.25, -0.2) is 0 Å². The number of benzene rings is 9. The van der Waals surface area contributed by atoms with Gasteiger partial charge in [-0.1, -0.05) is 146 Å². The van der Waals surface area contributed by atoms with Crippen molar-refractivity contribution in [2.24, 2.45) is 0 Å². The molecule has 3 heteroatoms. The van der Waals surface area contributed by atoms with Crippen molar-refractivity contribution in [1.82, 2.24) is 0 Å². The number of para-hydroxylation sites is 2. The van der Waals surface area contributed by atoms with Crippen LogP contribution in [0.15, 0.2) is 194 Å². The van der Waals surface area contributed by atoms with Gasteiger partial charge in [0, 0.05) is 33.6 Å². The molecule has 0 radical (unpaired) electrons. The van der Waals surface area contributed by atoms with E-state index in [0.717, 1.165) is 56.6 Å². The van der Waals surface area contributed by atoms with Gasteiger partial charge in [-0.3, -0.25) is 0 Å². The molecule has 2 spiro atoms. The van der Waals surface area contributed by atoms with Crippen molar-refractivity contribution in [2.75, 3.05) is 5.32 Å². The molecule has 0 saturated heterocycles. The first kappa shape index (κ1) is 30.9. The minimum Gasteiger partial charge on any atom is -0.457 e. The molecule has 3 nitrogen and oxygen atoms in total. The van der Waals surface area contributed by atoms with Gasteiger partial charge in [-0.15, -0.1) is 0 Å². The van der Waals surface area contributed by atoms with Crippen molar-refractivity contribution in [2.45, 2.75) is 10.8 Å². The van der Waals surface area contributed by atoms with E-state index in [-0.39, 0.29) is 0 Å². The van der Waals surface area contributed by atoms with Crippen LogP contribution in [0.5, 0.6) is 23.0 Å². The fraction of sp³-hybridized carbons (Fsp3) is 0.0370. The number of anilines is 2. The van der Waals surface area contributed by atoms with E-state index in [0.29, 0.717) is 0 Å². The maximum Gasteiger partial charge on any atom is 0.132 e. The van der Waals surface area contributed by atoms with Crippen molar-refractivity contribution in [1.29, 1.82) is 0 Å². The van der Waals surface area contributed by atoms with Crippen LogP contribution in [0.25, 0.3) is 33.0 Å². The molecule has 57 heavy (non-hydrogen) atoms. The summed E-state index contributed by atoms with van der Waals surface area (Å²) in [4.78, 5) is 0. The van der Waals surface area contributed by atoms with Gasteiger partial charge >= 0.3 is 0 Å². The highest BCUT2D eigenvalue weighted by molar-refractivity contribution is 6.04. The average Bonchev–Trinajstić information content (AvgIpc) is 3.73. The number of nitrogens with one attached hydrogen (secondary N) is 1. The van der Waals surface area contributed by atoms with Crippen LogP contribution in [-0.4, -0.2) is 0 Å². The Morgan fingerprint density at radius 1 is 0.316 bits per heavy atom. The van der Waals surface area contributed by atoms with E-state index in [2.05, 4.69) is 199 Å². The summed E-state index contributed by atoms with van der Waals surface area (Å²) >= 11 is 0. The fourth-order valence-electron chi connectivity index (χ4n) is 10.8. The van der Waals surface area contributed by atoms with Gasteiger partial charge in [-0.2, -0.15) is 0 Å². The lowest BCUT2D eigenvalue weighted by Gasteiger charge is -2.40. The largest absolute Gasteiger partial charge is 0.457 e. The van der Waals surface area contributed by atoms with Gasteiger partial charge in [0.2, 0.25) is 0 Å². The summed E-state index contributed by atoms with van der Waals surface area (Å²) in [5, 5.41) is 6.38. The Bertz CT molecular complexity index is 3150. The molecule has 266 valence electrons. The molecule has 4 aliphatic rings. The van der Waals surface area contributed by atoms with Crippen molar-refractivity contribution in [3.8, 4) is 45.3 Å². The highest BCUT2D eigenvalue weighted by Gasteiger charge is 2.53. The van der Waals surface area contributed by atoms with Crippen molar-refractivity contribution < 1.29 is 9.47 Å². The lowest BCUT2D eigenvalue weighted by molar-refractivity contribution is 0.436. The second-order valence-electron chi connectivity index (χ2n) is 15.6. The molecular weight excluding hydrogens is 695 g/mol. The van der Waals surface area contributed by atoms with E-state index in [4.69, 9.17) is 9.47 Å². The maximum atomic E-state index is 6.78. The second kappa shape index (κ2) is 11.1. The molecule has 0 saturated carbocycles. The molecular formula is C54H33NO2. The molecule has 0 bridgehead atoms.